The summed E-state index contributed by atoms with van der Waals surface area (Å²) in [5.74, 6) is 0.0970. The first-order valence-corrected chi connectivity index (χ1v) is 10.5. The Morgan fingerprint density at radius 3 is 2.84 bits per heavy atom. The van der Waals surface area contributed by atoms with Gasteiger partial charge in [-0.3, -0.25) is 4.79 Å². The highest BCUT2D eigenvalue weighted by molar-refractivity contribution is 7.89. The SMILES string of the molecule is CCC(=O)N1CCc2ccc(S(=O)(=O)N(C)Cc3nccs3)cc2C1. The van der Waals surface area contributed by atoms with Gasteiger partial charge >= 0.3 is 0 Å². The molecule has 1 amide bonds. The van der Waals surface area contributed by atoms with Gasteiger partial charge in [-0.25, -0.2) is 13.4 Å². The highest BCUT2D eigenvalue weighted by Crippen LogP contribution is 2.25. The maximum Gasteiger partial charge on any atom is 0.243 e. The number of sulfonamides is 1. The van der Waals surface area contributed by atoms with E-state index in [0.717, 1.165) is 22.6 Å². The first kappa shape index (κ1) is 18.0. The number of thiazole rings is 1. The van der Waals surface area contributed by atoms with E-state index in [4.69, 9.17) is 0 Å². The van der Waals surface area contributed by atoms with Crippen molar-refractivity contribution in [2.24, 2.45) is 0 Å². The lowest BCUT2D eigenvalue weighted by Crippen LogP contribution is -2.35. The van der Waals surface area contributed by atoms with Crippen LogP contribution in [0.1, 0.15) is 29.5 Å². The monoisotopic (exact) mass is 379 g/mol. The topological polar surface area (TPSA) is 70.6 Å². The van der Waals surface area contributed by atoms with E-state index in [1.54, 1.807) is 30.3 Å². The van der Waals surface area contributed by atoms with Crippen LogP contribution >= 0.6 is 11.3 Å². The van der Waals surface area contributed by atoms with E-state index in [1.165, 1.54) is 15.6 Å². The molecule has 25 heavy (non-hydrogen) atoms. The molecule has 0 bridgehead atoms. The van der Waals surface area contributed by atoms with Gasteiger partial charge in [-0.2, -0.15) is 4.31 Å². The van der Waals surface area contributed by atoms with Gasteiger partial charge in [0.2, 0.25) is 15.9 Å². The maximum atomic E-state index is 12.8. The molecule has 1 aromatic heterocycles. The molecule has 1 aliphatic heterocycles. The van der Waals surface area contributed by atoms with Crippen molar-refractivity contribution in [2.45, 2.75) is 37.8 Å². The van der Waals surface area contributed by atoms with Crippen molar-refractivity contribution in [1.29, 1.82) is 0 Å². The molecule has 0 spiro atoms. The average molecular weight is 380 g/mol. The standard InChI is InChI=1S/C17H21N3O3S2/c1-3-17(21)20-8-6-13-4-5-15(10-14(13)11-20)25(22,23)19(2)12-16-18-7-9-24-16/h4-5,7,9-10H,3,6,8,11-12H2,1-2H3. The Morgan fingerprint density at radius 1 is 1.36 bits per heavy atom. The molecule has 0 saturated carbocycles. The summed E-state index contributed by atoms with van der Waals surface area (Å²) in [6.45, 7) is 3.25. The molecule has 0 N–H and O–H groups in total. The van der Waals surface area contributed by atoms with Crippen molar-refractivity contribution in [2.75, 3.05) is 13.6 Å². The number of hydrogen-bond donors (Lipinski definition) is 0. The molecule has 1 aliphatic rings. The van der Waals surface area contributed by atoms with Crippen LogP contribution in [0.2, 0.25) is 0 Å². The van der Waals surface area contributed by atoms with Crippen LogP contribution in [0.5, 0.6) is 0 Å². The smallest absolute Gasteiger partial charge is 0.243 e. The third-order valence-corrected chi connectivity index (χ3v) is 6.96. The number of nitrogens with zero attached hydrogens (tertiary/aromatic N) is 3. The molecule has 0 fully saturated rings. The van der Waals surface area contributed by atoms with Crippen molar-refractivity contribution >= 4 is 27.3 Å². The van der Waals surface area contributed by atoms with Gasteiger partial charge in [-0.05, 0) is 29.7 Å². The average Bonchev–Trinajstić information content (AvgIpc) is 3.13. The molecule has 2 heterocycles. The summed E-state index contributed by atoms with van der Waals surface area (Å²) < 4.78 is 27.0. The minimum atomic E-state index is -3.60. The van der Waals surface area contributed by atoms with E-state index >= 15 is 0 Å². The van der Waals surface area contributed by atoms with Crippen LogP contribution in [0, 0.1) is 0 Å². The first-order chi connectivity index (χ1) is 11.9. The van der Waals surface area contributed by atoms with Gasteiger partial charge in [0.05, 0.1) is 11.4 Å². The second kappa shape index (κ2) is 7.23. The van der Waals surface area contributed by atoms with E-state index in [-0.39, 0.29) is 17.3 Å². The third kappa shape index (κ3) is 3.75. The summed E-state index contributed by atoms with van der Waals surface area (Å²) in [6, 6.07) is 5.23. The van der Waals surface area contributed by atoms with E-state index in [9.17, 15) is 13.2 Å². The van der Waals surface area contributed by atoms with Gasteiger partial charge in [0.15, 0.2) is 0 Å². The molecule has 0 aliphatic carbocycles. The first-order valence-electron chi connectivity index (χ1n) is 8.16. The fourth-order valence-corrected chi connectivity index (χ4v) is 4.85. The maximum absolute atomic E-state index is 12.8. The zero-order valence-electron chi connectivity index (χ0n) is 14.3. The second-order valence-electron chi connectivity index (χ2n) is 6.04. The molecule has 3 rings (SSSR count). The highest BCUT2D eigenvalue weighted by atomic mass is 32.2. The number of carbonyl (C=O) groups is 1. The number of amides is 1. The minimum absolute atomic E-state index is 0.0970. The zero-order valence-corrected chi connectivity index (χ0v) is 15.9. The largest absolute Gasteiger partial charge is 0.338 e. The Bertz CT molecular complexity index is 863. The molecule has 8 heteroatoms. The van der Waals surface area contributed by atoms with Crippen molar-refractivity contribution in [1.82, 2.24) is 14.2 Å². The van der Waals surface area contributed by atoms with Crippen LogP contribution in [-0.4, -0.2) is 42.1 Å². The van der Waals surface area contributed by atoms with Crippen molar-refractivity contribution in [3.63, 3.8) is 0 Å². The summed E-state index contributed by atoms with van der Waals surface area (Å²) >= 11 is 1.43. The third-order valence-electron chi connectivity index (χ3n) is 4.39. The van der Waals surface area contributed by atoms with Crippen LogP contribution in [0.25, 0.3) is 0 Å². The van der Waals surface area contributed by atoms with E-state index < -0.39 is 10.0 Å². The predicted molar refractivity (Wildman–Crippen MR) is 96.6 cm³/mol. The normalized spacial score (nSPS) is 14.6. The second-order valence-corrected chi connectivity index (χ2v) is 9.06. The molecule has 134 valence electrons. The number of rotatable bonds is 5. The Hall–Kier alpha value is -1.77. The molecule has 0 unspecified atom stereocenters. The van der Waals surface area contributed by atoms with Crippen LogP contribution in [0.15, 0.2) is 34.7 Å². The number of benzene rings is 1. The summed E-state index contributed by atoms with van der Waals surface area (Å²) in [5.41, 5.74) is 2.03. The van der Waals surface area contributed by atoms with Crippen LogP contribution < -0.4 is 0 Å². The zero-order chi connectivity index (χ0) is 18.0. The minimum Gasteiger partial charge on any atom is -0.338 e. The van der Waals surface area contributed by atoms with Crippen molar-refractivity contribution < 1.29 is 13.2 Å². The lowest BCUT2D eigenvalue weighted by Gasteiger charge is -2.29. The highest BCUT2D eigenvalue weighted by Gasteiger charge is 2.25. The van der Waals surface area contributed by atoms with Crippen molar-refractivity contribution in [3.8, 4) is 0 Å². The number of hydrogen-bond acceptors (Lipinski definition) is 5. The van der Waals surface area contributed by atoms with Crippen LogP contribution in [0.3, 0.4) is 0 Å². The number of fused-ring (bicyclic) bond motifs is 1. The Morgan fingerprint density at radius 2 is 2.16 bits per heavy atom. The number of carbonyl (C=O) groups excluding carboxylic acids is 1. The van der Waals surface area contributed by atoms with Crippen LogP contribution in [-0.2, 0) is 34.3 Å². The van der Waals surface area contributed by atoms with Gasteiger partial charge in [0.1, 0.15) is 5.01 Å². The Kier molecular flexibility index (Phi) is 5.21. The summed E-state index contributed by atoms with van der Waals surface area (Å²) in [4.78, 5) is 18.1. The summed E-state index contributed by atoms with van der Waals surface area (Å²) in [7, 11) is -2.04. The van der Waals surface area contributed by atoms with Crippen LogP contribution in [0.4, 0.5) is 0 Å². The van der Waals surface area contributed by atoms with Gasteiger partial charge in [0, 0.05) is 38.1 Å². The summed E-state index contributed by atoms with van der Waals surface area (Å²) in [6.07, 6.45) is 2.89. The van der Waals surface area contributed by atoms with E-state index in [2.05, 4.69) is 4.98 Å². The molecular formula is C17H21N3O3S2. The summed E-state index contributed by atoms with van der Waals surface area (Å²) in [5, 5.41) is 2.58. The number of aromatic nitrogens is 1. The van der Waals surface area contributed by atoms with Gasteiger partial charge in [-0.1, -0.05) is 13.0 Å². The molecule has 0 radical (unpaired) electrons. The van der Waals surface area contributed by atoms with Gasteiger partial charge < -0.3 is 4.90 Å². The lowest BCUT2D eigenvalue weighted by molar-refractivity contribution is -0.131. The Balaban J connectivity index is 1.84. The predicted octanol–water partition coefficient (Wildman–Crippen LogP) is 2.26. The molecule has 6 nitrogen and oxygen atoms in total. The van der Waals surface area contributed by atoms with Gasteiger partial charge in [0.25, 0.3) is 0 Å². The molecule has 0 atom stereocenters. The van der Waals surface area contributed by atoms with Gasteiger partial charge in [-0.15, -0.1) is 11.3 Å². The fraction of sp³-hybridized carbons (Fsp3) is 0.412. The van der Waals surface area contributed by atoms with Crippen molar-refractivity contribution in [3.05, 3.63) is 45.9 Å². The molecule has 2 aromatic rings. The fourth-order valence-electron chi connectivity index (χ4n) is 2.92. The lowest BCUT2D eigenvalue weighted by atomic mass is 10.00. The quantitative estimate of drug-likeness (QED) is 0.799. The molecule has 1 aromatic carbocycles. The van der Waals surface area contributed by atoms with E-state index in [1.807, 2.05) is 18.4 Å². The Labute approximate surface area is 152 Å². The van der Waals surface area contributed by atoms with E-state index in [0.29, 0.717) is 19.5 Å². The molecular weight excluding hydrogens is 358 g/mol. The molecule has 0 saturated heterocycles.